The summed E-state index contributed by atoms with van der Waals surface area (Å²) in [5.41, 5.74) is 0.785. The van der Waals surface area contributed by atoms with E-state index in [1.54, 1.807) is 7.11 Å². The number of carbonyl (C=O) groups excluding carboxylic acids is 3. The van der Waals surface area contributed by atoms with Crippen LogP contribution in [0.15, 0.2) is 29.6 Å². The van der Waals surface area contributed by atoms with E-state index in [-0.39, 0.29) is 42.0 Å². The molecular formula is C23H27N3O4S. The monoisotopic (exact) mass is 441 g/mol. The lowest BCUT2D eigenvalue weighted by molar-refractivity contribution is -0.167. The van der Waals surface area contributed by atoms with Crippen molar-refractivity contribution in [2.24, 2.45) is 16.7 Å². The number of carbonyl (C=O) groups is 3. The molecule has 1 saturated heterocycles. The molecule has 2 bridgehead atoms. The van der Waals surface area contributed by atoms with E-state index in [9.17, 15) is 14.4 Å². The van der Waals surface area contributed by atoms with E-state index in [1.165, 1.54) is 16.2 Å². The lowest BCUT2D eigenvalue weighted by Crippen LogP contribution is -2.59. The summed E-state index contributed by atoms with van der Waals surface area (Å²) in [6.45, 7) is 6.06. The summed E-state index contributed by atoms with van der Waals surface area (Å²) in [6.07, 6.45) is 1.49. The fraction of sp³-hybridized carbons (Fsp3) is 0.478. The summed E-state index contributed by atoms with van der Waals surface area (Å²) >= 11 is 1.33. The number of amides is 3. The van der Waals surface area contributed by atoms with Gasteiger partial charge in [-0.25, -0.2) is 4.98 Å². The molecule has 4 rings (SSSR count). The van der Waals surface area contributed by atoms with Crippen LogP contribution >= 0.6 is 11.3 Å². The van der Waals surface area contributed by atoms with Gasteiger partial charge in [-0.3, -0.25) is 19.3 Å². The van der Waals surface area contributed by atoms with E-state index in [2.05, 4.69) is 10.3 Å². The fourth-order valence-corrected chi connectivity index (χ4v) is 5.47. The third-order valence-corrected chi connectivity index (χ3v) is 7.96. The van der Waals surface area contributed by atoms with Gasteiger partial charge in [0.1, 0.15) is 5.75 Å². The molecule has 31 heavy (non-hydrogen) atoms. The molecule has 2 heterocycles. The van der Waals surface area contributed by atoms with Gasteiger partial charge in [-0.1, -0.05) is 20.8 Å². The highest BCUT2D eigenvalue weighted by Gasteiger charge is 2.64. The molecule has 2 aliphatic rings. The second kappa shape index (κ2) is 7.75. The first-order valence-corrected chi connectivity index (χ1v) is 11.3. The topological polar surface area (TPSA) is 88.6 Å². The van der Waals surface area contributed by atoms with Crippen LogP contribution in [0.1, 0.15) is 40.0 Å². The summed E-state index contributed by atoms with van der Waals surface area (Å²) in [5, 5.41) is 5.14. The molecule has 2 unspecified atom stereocenters. The van der Waals surface area contributed by atoms with E-state index < -0.39 is 5.41 Å². The van der Waals surface area contributed by atoms with Crippen molar-refractivity contribution in [2.75, 3.05) is 19.0 Å². The third kappa shape index (κ3) is 3.52. The van der Waals surface area contributed by atoms with Gasteiger partial charge in [0.15, 0.2) is 5.13 Å². The van der Waals surface area contributed by atoms with Crippen molar-refractivity contribution in [3.05, 3.63) is 29.6 Å². The molecule has 2 atom stereocenters. The van der Waals surface area contributed by atoms with E-state index >= 15 is 0 Å². The molecule has 8 heteroatoms. The van der Waals surface area contributed by atoms with Crippen LogP contribution < -0.4 is 10.1 Å². The minimum absolute atomic E-state index is 0.0537. The molecule has 1 aromatic carbocycles. The van der Waals surface area contributed by atoms with Gasteiger partial charge in [-0.05, 0) is 42.5 Å². The second-order valence-corrected chi connectivity index (χ2v) is 9.86. The Morgan fingerprint density at radius 2 is 1.97 bits per heavy atom. The first-order valence-electron chi connectivity index (χ1n) is 10.4. The van der Waals surface area contributed by atoms with Gasteiger partial charge in [0.05, 0.1) is 18.2 Å². The van der Waals surface area contributed by atoms with E-state index in [0.717, 1.165) is 23.4 Å². The minimum atomic E-state index is -0.551. The first-order chi connectivity index (χ1) is 14.7. The van der Waals surface area contributed by atoms with Gasteiger partial charge in [-0.2, -0.15) is 0 Å². The summed E-state index contributed by atoms with van der Waals surface area (Å²) in [4.78, 5) is 44.2. The lowest BCUT2D eigenvalue weighted by atomic mass is 9.62. The molecule has 1 saturated carbocycles. The van der Waals surface area contributed by atoms with Crippen LogP contribution in [0.2, 0.25) is 0 Å². The Bertz CT molecular complexity index is 1030. The highest BCUT2D eigenvalue weighted by Crippen LogP contribution is 2.60. The average Bonchev–Trinajstić information content (AvgIpc) is 3.27. The zero-order valence-corrected chi connectivity index (χ0v) is 19.0. The van der Waals surface area contributed by atoms with Crippen LogP contribution in [0.3, 0.4) is 0 Å². The number of fused-ring (bicyclic) bond motifs is 2. The van der Waals surface area contributed by atoms with Crippen molar-refractivity contribution in [2.45, 2.75) is 40.0 Å². The van der Waals surface area contributed by atoms with Gasteiger partial charge < -0.3 is 10.1 Å². The Labute approximate surface area is 185 Å². The lowest BCUT2D eigenvalue weighted by Gasteiger charge is -2.47. The molecule has 0 spiro atoms. The maximum atomic E-state index is 13.1. The zero-order chi connectivity index (χ0) is 22.4. The molecule has 3 amide bonds. The summed E-state index contributed by atoms with van der Waals surface area (Å²) in [5.74, 6) is 0.0387. The smallest absolute Gasteiger partial charge is 0.235 e. The Hall–Kier alpha value is -2.74. The van der Waals surface area contributed by atoms with Crippen LogP contribution in [-0.2, 0) is 14.4 Å². The van der Waals surface area contributed by atoms with E-state index in [4.69, 9.17) is 4.74 Å². The fourth-order valence-electron chi connectivity index (χ4n) is 4.73. The zero-order valence-electron chi connectivity index (χ0n) is 18.2. The number of anilines is 1. The number of hydrogen-bond donors (Lipinski definition) is 1. The van der Waals surface area contributed by atoms with Crippen LogP contribution in [-0.4, -0.2) is 41.3 Å². The van der Waals surface area contributed by atoms with Gasteiger partial charge in [0.25, 0.3) is 0 Å². The molecule has 1 aliphatic carbocycles. The van der Waals surface area contributed by atoms with Gasteiger partial charge >= 0.3 is 0 Å². The largest absolute Gasteiger partial charge is 0.497 e. The van der Waals surface area contributed by atoms with Crippen LogP contribution in [0.5, 0.6) is 5.75 Å². The molecule has 2 fully saturated rings. The number of ether oxygens (including phenoxy) is 1. The summed E-state index contributed by atoms with van der Waals surface area (Å²) in [7, 11) is 1.61. The number of hydrogen-bond acceptors (Lipinski definition) is 6. The third-order valence-electron chi connectivity index (χ3n) is 7.21. The van der Waals surface area contributed by atoms with Crippen LogP contribution in [0, 0.1) is 16.7 Å². The number of methoxy groups -OCH3 is 1. The molecule has 1 N–H and O–H groups in total. The number of thiazole rings is 1. The molecule has 1 aliphatic heterocycles. The van der Waals surface area contributed by atoms with E-state index in [0.29, 0.717) is 11.6 Å². The molecular weight excluding hydrogens is 414 g/mol. The number of imide groups is 1. The van der Waals surface area contributed by atoms with Gasteiger partial charge in [0.2, 0.25) is 17.7 Å². The SMILES string of the molecule is COc1ccc(-c2csc(NC(=O)CCN3C(=O)C4CCC(C)(C3=O)C4(C)C)n2)cc1. The Morgan fingerprint density at radius 1 is 1.26 bits per heavy atom. The first kappa shape index (κ1) is 21.5. The number of nitrogens with zero attached hydrogens (tertiary/aromatic N) is 2. The van der Waals surface area contributed by atoms with Crippen molar-refractivity contribution >= 4 is 34.2 Å². The van der Waals surface area contributed by atoms with Crippen molar-refractivity contribution in [3.8, 4) is 17.0 Å². The van der Waals surface area contributed by atoms with E-state index in [1.807, 2.05) is 50.4 Å². The second-order valence-electron chi connectivity index (χ2n) is 9.00. The standard InChI is InChI=1S/C23H27N3O4S/c1-22(2)16-9-11-23(22,3)20(29)26(19(16)28)12-10-18(27)25-21-24-17(13-31-21)14-5-7-15(30-4)8-6-14/h5-8,13,16H,9-12H2,1-4H3,(H,24,25,27). The number of piperidine rings is 1. The number of likely N-dealkylation sites (tertiary alicyclic amines) is 1. The van der Waals surface area contributed by atoms with Crippen LogP contribution in [0.25, 0.3) is 11.3 Å². The molecule has 2 aromatic rings. The van der Waals surface area contributed by atoms with Crippen molar-refractivity contribution < 1.29 is 19.1 Å². The average molecular weight is 442 g/mol. The molecule has 0 radical (unpaired) electrons. The maximum absolute atomic E-state index is 13.1. The number of aromatic nitrogens is 1. The Kier molecular flexibility index (Phi) is 5.37. The number of benzene rings is 1. The number of rotatable bonds is 6. The summed E-state index contributed by atoms with van der Waals surface area (Å²) < 4.78 is 5.16. The van der Waals surface area contributed by atoms with Crippen molar-refractivity contribution in [1.82, 2.24) is 9.88 Å². The van der Waals surface area contributed by atoms with Gasteiger partial charge in [-0.15, -0.1) is 11.3 Å². The minimum Gasteiger partial charge on any atom is -0.497 e. The number of nitrogens with one attached hydrogen (secondary N) is 1. The molecule has 164 valence electrons. The maximum Gasteiger partial charge on any atom is 0.235 e. The normalized spacial score (nSPS) is 24.4. The highest BCUT2D eigenvalue weighted by atomic mass is 32.1. The van der Waals surface area contributed by atoms with Crippen molar-refractivity contribution in [3.63, 3.8) is 0 Å². The predicted octanol–water partition coefficient (Wildman–Crippen LogP) is 3.96. The quantitative estimate of drug-likeness (QED) is 0.686. The summed E-state index contributed by atoms with van der Waals surface area (Å²) in [6, 6.07) is 7.52. The van der Waals surface area contributed by atoms with Gasteiger partial charge in [0, 0.05) is 29.8 Å². The Morgan fingerprint density at radius 3 is 2.65 bits per heavy atom. The Balaban J connectivity index is 1.37. The highest BCUT2D eigenvalue weighted by molar-refractivity contribution is 7.14. The molecule has 1 aromatic heterocycles. The van der Waals surface area contributed by atoms with Crippen molar-refractivity contribution in [1.29, 1.82) is 0 Å². The van der Waals surface area contributed by atoms with Crippen LogP contribution in [0.4, 0.5) is 5.13 Å². The predicted molar refractivity (Wildman–Crippen MR) is 119 cm³/mol. The molecule has 7 nitrogen and oxygen atoms in total.